The Bertz CT molecular complexity index is 1660. The van der Waals surface area contributed by atoms with Crippen LogP contribution in [-0.4, -0.2) is 37.2 Å². The van der Waals surface area contributed by atoms with Crippen LogP contribution in [0.2, 0.25) is 0 Å². The lowest BCUT2D eigenvalue weighted by Gasteiger charge is -2.18. The minimum Gasteiger partial charge on any atom is -0.462 e. The Morgan fingerprint density at radius 1 is 0.280 bits per heavy atom. The molecule has 0 saturated carbocycles. The van der Waals surface area contributed by atoms with Crippen molar-refractivity contribution in [3.05, 3.63) is 146 Å². The summed E-state index contributed by atoms with van der Waals surface area (Å²) in [5, 5.41) is 0. The monoisotopic (exact) mass is 1030 g/mol. The fraction of sp³-hybridized carbons (Fsp3) is 0.609. The summed E-state index contributed by atoms with van der Waals surface area (Å²) in [6.45, 7) is 6.35. The van der Waals surface area contributed by atoms with Crippen LogP contribution in [0.1, 0.15) is 252 Å². The number of carbonyl (C=O) groups is 3. The van der Waals surface area contributed by atoms with E-state index in [-0.39, 0.29) is 31.1 Å². The lowest BCUT2D eigenvalue weighted by atomic mass is 10.1. The van der Waals surface area contributed by atoms with E-state index in [4.69, 9.17) is 14.2 Å². The molecule has 1 atom stereocenters. The second-order valence-corrected chi connectivity index (χ2v) is 19.5. The molecule has 0 bridgehead atoms. The van der Waals surface area contributed by atoms with Crippen LogP contribution in [0.25, 0.3) is 0 Å². The van der Waals surface area contributed by atoms with Gasteiger partial charge in [-0.25, -0.2) is 0 Å². The Morgan fingerprint density at radius 2 is 0.520 bits per heavy atom. The molecule has 0 radical (unpaired) electrons. The number of rotatable bonds is 53. The number of hydrogen-bond donors (Lipinski definition) is 0. The third-order valence-corrected chi connectivity index (χ3v) is 12.3. The Labute approximate surface area is 461 Å². The Balaban J connectivity index is 4.27. The largest absolute Gasteiger partial charge is 0.462 e. The summed E-state index contributed by atoms with van der Waals surface area (Å²) in [7, 11) is 0. The predicted molar refractivity (Wildman–Crippen MR) is 325 cm³/mol. The van der Waals surface area contributed by atoms with Crippen molar-refractivity contribution in [2.24, 2.45) is 0 Å². The van der Waals surface area contributed by atoms with Gasteiger partial charge in [0.05, 0.1) is 0 Å². The van der Waals surface area contributed by atoms with E-state index < -0.39 is 6.10 Å². The first-order chi connectivity index (χ1) is 37.0. The van der Waals surface area contributed by atoms with Gasteiger partial charge in [-0.15, -0.1) is 0 Å². The van der Waals surface area contributed by atoms with Crippen LogP contribution in [0.5, 0.6) is 0 Å². The first-order valence-electron chi connectivity index (χ1n) is 30.3. The van der Waals surface area contributed by atoms with Crippen molar-refractivity contribution >= 4 is 17.9 Å². The smallest absolute Gasteiger partial charge is 0.306 e. The Morgan fingerprint density at radius 3 is 0.813 bits per heavy atom. The minimum absolute atomic E-state index is 0.0944. The van der Waals surface area contributed by atoms with Crippen molar-refractivity contribution in [1.29, 1.82) is 0 Å². The van der Waals surface area contributed by atoms with E-state index in [0.717, 1.165) is 173 Å². The van der Waals surface area contributed by atoms with Crippen LogP contribution in [0, 0.1) is 0 Å². The maximum Gasteiger partial charge on any atom is 0.306 e. The average molecular weight is 1040 g/mol. The van der Waals surface area contributed by atoms with Gasteiger partial charge in [-0.3, -0.25) is 14.4 Å². The molecule has 0 aromatic rings. The molecule has 75 heavy (non-hydrogen) atoms. The molecule has 0 aliphatic heterocycles. The molecular weight excluding hydrogens is 925 g/mol. The number of esters is 3. The fourth-order valence-corrected chi connectivity index (χ4v) is 7.86. The Hall–Kier alpha value is -4.71. The topological polar surface area (TPSA) is 78.9 Å². The van der Waals surface area contributed by atoms with Gasteiger partial charge >= 0.3 is 17.9 Å². The van der Waals surface area contributed by atoms with Gasteiger partial charge in [0.2, 0.25) is 0 Å². The van der Waals surface area contributed by atoms with Gasteiger partial charge in [0.15, 0.2) is 6.10 Å². The maximum atomic E-state index is 12.8. The summed E-state index contributed by atoms with van der Waals surface area (Å²) in [5.41, 5.74) is 0. The van der Waals surface area contributed by atoms with Crippen molar-refractivity contribution in [3.8, 4) is 0 Å². The maximum absolute atomic E-state index is 12.8. The van der Waals surface area contributed by atoms with Gasteiger partial charge in [0.1, 0.15) is 13.2 Å². The van der Waals surface area contributed by atoms with Crippen LogP contribution in [0.4, 0.5) is 0 Å². The highest BCUT2D eigenvalue weighted by atomic mass is 16.6. The van der Waals surface area contributed by atoms with E-state index in [1.807, 2.05) is 0 Å². The number of allylic oxidation sites excluding steroid dienone is 24. The van der Waals surface area contributed by atoms with Crippen LogP contribution < -0.4 is 0 Å². The summed E-state index contributed by atoms with van der Waals surface area (Å²) in [6.07, 6.45) is 88.6. The summed E-state index contributed by atoms with van der Waals surface area (Å²) in [6, 6.07) is 0. The molecule has 422 valence electrons. The molecule has 0 N–H and O–H groups in total. The lowest BCUT2D eigenvalue weighted by molar-refractivity contribution is -0.167. The van der Waals surface area contributed by atoms with Gasteiger partial charge in [-0.05, 0) is 122 Å². The Kier molecular flexibility index (Phi) is 58.0. The van der Waals surface area contributed by atoms with Crippen molar-refractivity contribution < 1.29 is 28.6 Å². The zero-order valence-electron chi connectivity index (χ0n) is 48.3. The van der Waals surface area contributed by atoms with Gasteiger partial charge in [-0.1, -0.05) is 256 Å². The van der Waals surface area contributed by atoms with E-state index in [9.17, 15) is 14.4 Å². The summed E-state index contributed by atoms with van der Waals surface area (Å²) < 4.78 is 16.8. The minimum atomic E-state index is -0.798. The molecule has 0 heterocycles. The molecule has 0 saturated heterocycles. The summed E-state index contributed by atoms with van der Waals surface area (Å²) in [5.74, 6) is -0.939. The highest BCUT2D eigenvalue weighted by molar-refractivity contribution is 5.71. The van der Waals surface area contributed by atoms with Gasteiger partial charge in [0, 0.05) is 19.3 Å². The quantitative estimate of drug-likeness (QED) is 0.0261. The van der Waals surface area contributed by atoms with Gasteiger partial charge in [0.25, 0.3) is 0 Å². The van der Waals surface area contributed by atoms with Gasteiger partial charge in [-0.2, -0.15) is 0 Å². The molecule has 0 fully saturated rings. The SMILES string of the molecule is CC/C=C\C/C=C\C/C=C\C/C=C\C/C=C\C/C=C\C/C=C\C/C=C\C/C=C\CCCCCCCC(=O)OCC(COC(=O)CCCCCCCCCCC)OC(=O)CCCCCCC/C=C\C/C=C\C/C=C\CC. The molecule has 0 aromatic carbocycles. The molecule has 1 unspecified atom stereocenters. The third-order valence-electron chi connectivity index (χ3n) is 12.3. The molecule has 0 aliphatic carbocycles. The first-order valence-corrected chi connectivity index (χ1v) is 30.3. The third kappa shape index (κ3) is 60.0. The van der Waals surface area contributed by atoms with Gasteiger partial charge < -0.3 is 14.2 Å². The molecule has 0 aromatic heterocycles. The zero-order valence-corrected chi connectivity index (χ0v) is 48.3. The first kappa shape index (κ1) is 70.3. The van der Waals surface area contributed by atoms with E-state index in [0.29, 0.717) is 19.3 Å². The second kappa shape index (κ2) is 61.8. The normalized spacial score (nSPS) is 13.2. The second-order valence-electron chi connectivity index (χ2n) is 19.5. The van der Waals surface area contributed by atoms with Crippen molar-refractivity contribution in [2.75, 3.05) is 13.2 Å². The van der Waals surface area contributed by atoms with E-state index in [1.165, 1.54) is 38.5 Å². The molecule has 0 amide bonds. The van der Waals surface area contributed by atoms with E-state index in [1.54, 1.807) is 0 Å². The fourth-order valence-electron chi connectivity index (χ4n) is 7.86. The van der Waals surface area contributed by atoms with Crippen LogP contribution in [0.15, 0.2) is 146 Å². The zero-order chi connectivity index (χ0) is 54.3. The van der Waals surface area contributed by atoms with E-state index in [2.05, 4.69) is 167 Å². The van der Waals surface area contributed by atoms with Crippen molar-refractivity contribution in [2.45, 2.75) is 258 Å². The summed E-state index contributed by atoms with van der Waals surface area (Å²) in [4.78, 5) is 38.1. The highest BCUT2D eigenvalue weighted by Crippen LogP contribution is 2.14. The van der Waals surface area contributed by atoms with Crippen LogP contribution in [-0.2, 0) is 28.6 Å². The lowest BCUT2D eigenvalue weighted by Crippen LogP contribution is -2.30. The predicted octanol–water partition coefficient (Wildman–Crippen LogP) is 20.8. The number of ether oxygens (including phenoxy) is 3. The van der Waals surface area contributed by atoms with Crippen LogP contribution >= 0.6 is 0 Å². The van der Waals surface area contributed by atoms with Crippen molar-refractivity contribution in [1.82, 2.24) is 0 Å². The number of carbonyl (C=O) groups excluding carboxylic acids is 3. The van der Waals surface area contributed by atoms with E-state index >= 15 is 0 Å². The molecule has 0 spiro atoms. The molecular formula is C69H110O6. The highest BCUT2D eigenvalue weighted by Gasteiger charge is 2.19. The summed E-state index contributed by atoms with van der Waals surface area (Å²) >= 11 is 0. The molecule has 6 heteroatoms. The van der Waals surface area contributed by atoms with Crippen molar-refractivity contribution in [3.63, 3.8) is 0 Å². The number of hydrogen-bond acceptors (Lipinski definition) is 6. The van der Waals surface area contributed by atoms with Crippen LogP contribution in [0.3, 0.4) is 0 Å². The molecule has 6 nitrogen and oxygen atoms in total. The standard InChI is InChI=1S/C69H110O6/c1-4-7-10-13-16-19-21-23-25-26-27-28-29-30-31-32-33-34-35-36-37-38-39-40-41-42-44-45-47-50-53-56-59-62-68(71)74-65-66(64-73-67(70)61-58-55-52-49-18-15-12-9-6-3)75-69(72)63-60-57-54-51-48-46-43-24-22-20-17-14-11-8-5-2/h7-8,10-11,16-17,19-20,23-25,27-28,30-31,33-34,36-37,39-40,42-44,66H,4-6,9,12-15,18,21-22,26,29,32,35,38,41,45-65H2,1-3H3/b10-7-,11-8-,19-16-,20-17-,25-23-,28-27-,31-30-,34-33-,37-36-,40-39-,43-24-,44-42-. The molecule has 0 rings (SSSR count). The number of unbranched alkanes of at least 4 members (excludes halogenated alkanes) is 18. The average Bonchev–Trinajstić information content (AvgIpc) is 3.41. The molecule has 0 aliphatic rings.